The Kier molecular flexibility index (Phi) is 16.9. The van der Waals surface area contributed by atoms with Crippen LogP contribution >= 0.6 is 0 Å². The molecule has 0 aliphatic carbocycles. The zero-order chi connectivity index (χ0) is 61.3. The topological polar surface area (TPSA) is 88.6 Å². The molecule has 12 rings (SSSR count). The summed E-state index contributed by atoms with van der Waals surface area (Å²) in [5.74, 6) is -0.219. The Morgan fingerprint density at radius 3 is 0.640 bits per heavy atom. The Morgan fingerprint density at radius 2 is 0.449 bits per heavy atom. The van der Waals surface area contributed by atoms with Crippen LogP contribution in [0.5, 0.6) is 17.2 Å². The molecule has 0 N–H and O–H groups in total. The summed E-state index contributed by atoms with van der Waals surface area (Å²) in [5, 5.41) is 0. The van der Waals surface area contributed by atoms with E-state index >= 15 is 0 Å². The summed E-state index contributed by atoms with van der Waals surface area (Å²) >= 11 is 0. The van der Waals surface area contributed by atoms with Gasteiger partial charge in [0.05, 0.1) is 16.7 Å². The predicted molar refractivity (Wildman–Crippen MR) is 357 cm³/mol. The maximum atomic E-state index is 14.0. The van der Waals surface area contributed by atoms with Crippen molar-refractivity contribution in [3.63, 3.8) is 0 Å². The van der Waals surface area contributed by atoms with Gasteiger partial charge in [-0.15, -0.1) is 0 Å². The van der Waals surface area contributed by atoms with E-state index in [0.29, 0.717) is 33.9 Å². The zero-order valence-corrected chi connectivity index (χ0v) is 49.7. The Hall–Kier alpha value is -11.6. The van der Waals surface area contributed by atoms with E-state index in [0.717, 1.165) is 84.6 Å². The van der Waals surface area contributed by atoms with Gasteiger partial charge >= 0.3 is 17.9 Å². The minimum Gasteiger partial charge on any atom is -0.423 e. The molecular weight excluding hydrogens is 1100 g/mol. The van der Waals surface area contributed by atoms with Crippen molar-refractivity contribution in [1.82, 2.24) is 0 Å². The van der Waals surface area contributed by atoms with E-state index in [4.69, 9.17) is 14.2 Å². The number of esters is 3. The molecule has 0 aromatic heterocycles. The Labute approximate surface area is 519 Å². The van der Waals surface area contributed by atoms with Gasteiger partial charge in [0.2, 0.25) is 0 Å². The number of rotatable bonds is 18. The summed E-state index contributed by atoms with van der Waals surface area (Å²) in [6.07, 6.45) is 0. The number of ether oxygens (including phenoxy) is 3. The number of carbonyl (C=O) groups excluding carboxylic acids is 3. The predicted octanol–water partition coefficient (Wildman–Crippen LogP) is 20.0. The zero-order valence-electron chi connectivity index (χ0n) is 49.7. The van der Waals surface area contributed by atoms with Crippen molar-refractivity contribution in [1.29, 1.82) is 0 Å². The first kappa shape index (κ1) is 57.9. The van der Waals surface area contributed by atoms with Gasteiger partial charge in [0, 0.05) is 56.6 Å². The number of benzene rings is 12. The molecule has 434 valence electrons. The van der Waals surface area contributed by atoms with Gasteiger partial charge in [0.1, 0.15) is 17.2 Å². The molecule has 0 radical (unpaired) electrons. The molecule has 0 saturated heterocycles. The van der Waals surface area contributed by atoms with Gasteiger partial charge < -0.3 is 28.9 Å². The van der Waals surface area contributed by atoms with E-state index in [-0.39, 0.29) is 0 Å². The average molecular weight is 1160 g/mol. The number of para-hydroxylation sites is 6. The largest absolute Gasteiger partial charge is 0.423 e. The number of anilines is 9. The van der Waals surface area contributed by atoms with Crippen molar-refractivity contribution in [2.24, 2.45) is 0 Å². The lowest BCUT2D eigenvalue weighted by Crippen LogP contribution is -2.26. The summed E-state index contributed by atoms with van der Waals surface area (Å²) in [6, 6.07) is 100. The molecule has 0 atom stereocenters. The second kappa shape index (κ2) is 26.0. The lowest BCUT2D eigenvalue weighted by molar-refractivity contribution is 0.0724. The highest BCUT2D eigenvalue weighted by molar-refractivity contribution is 5.94. The van der Waals surface area contributed by atoms with Crippen molar-refractivity contribution in [3.05, 3.63) is 359 Å². The summed E-state index contributed by atoms with van der Waals surface area (Å²) in [7, 11) is 0. The van der Waals surface area contributed by atoms with Crippen LogP contribution in [0, 0.1) is 20.8 Å². The van der Waals surface area contributed by atoms with Crippen molar-refractivity contribution in [3.8, 4) is 17.2 Å². The monoisotopic (exact) mass is 1160 g/mol. The van der Waals surface area contributed by atoms with E-state index in [1.165, 1.54) is 0 Å². The van der Waals surface area contributed by atoms with Crippen LogP contribution in [-0.2, 0) is 5.41 Å². The van der Waals surface area contributed by atoms with Crippen molar-refractivity contribution >= 4 is 69.1 Å². The second-order valence-corrected chi connectivity index (χ2v) is 21.9. The van der Waals surface area contributed by atoms with Crippen LogP contribution < -0.4 is 28.9 Å². The molecule has 0 aliphatic heterocycles. The highest BCUT2D eigenvalue weighted by atomic mass is 16.5. The van der Waals surface area contributed by atoms with E-state index in [9.17, 15) is 14.4 Å². The van der Waals surface area contributed by atoms with Crippen LogP contribution in [0.1, 0.15) is 71.4 Å². The fourth-order valence-electron chi connectivity index (χ4n) is 11.2. The summed E-state index contributed by atoms with van der Waals surface area (Å²) in [6.45, 7) is 7.91. The average Bonchev–Trinajstić information content (AvgIpc) is 1.48. The molecule has 9 nitrogen and oxygen atoms in total. The first-order chi connectivity index (χ1) is 43.5. The fourth-order valence-corrected chi connectivity index (χ4v) is 11.2. The van der Waals surface area contributed by atoms with Crippen LogP contribution in [-0.4, -0.2) is 17.9 Å². The van der Waals surface area contributed by atoms with Gasteiger partial charge in [-0.2, -0.15) is 0 Å². The lowest BCUT2D eigenvalue weighted by atomic mass is 9.70. The van der Waals surface area contributed by atoms with E-state index < -0.39 is 23.3 Å². The summed E-state index contributed by atoms with van der Waals surface area (Å²) in [4.78, 5) is 48.3. The quantitative estimate of drug-likeness (QED) is 0.0473. The van der Waals surface area contributed by atoms with Gasteiger partial charge in [0.15, 0.2) is 0 Å². The number of aryl methyl sites for hydroxylation is 3. The molecule has 0 aliphatic rings. The SMILES string of the molecule is Cc1cc(C(C)(c2ccc(OC(=O)c3ccc(N(c4ccccc4)c4ccccc4)cc3)c(C)c2)c2ccc(OC(=O)c3ccc(N(c4ccccc4)c4ccccc4)cc3)c(C)c2)ccc1OC(=O)c1ccc(N(c2ccccc2)c2ccccc2)cc1. The first-order valence-corrected chi connectivity index (χ1v) is 29.5. The number of hydrogen-bond donors (Lipinski definition) is 0. The fraction of sp³-hybridized carbons (Fsp3) is 0.0625. The Bertz CT molecular complexity index is 3840. The van der Waals surface area contributed by atoms with E-state index in [2.05, 4.69) is 94.4 Å². The minimum atomic E-state index is -0.856. The highest BCUT2D eigenvalue weighted by Gasteiger charge is 2.34. The molecule has 9 heteroatoms. The minimum absolute atomic E-state index is 0.403. The van der Waals surface area contributed by atoms with E-state index in [1.54, 1.807) is 36.4 Å². The highest BCUT2D eigenvalue weighted by Crippen LogP contribution is 2.44. The first-order valence-electron chi connectivity index (χ1n) is 29.5. The van der Waals surface area contributed by atoms with E-state index in [1.807, 2.05) is 221 Å². The third-order valence-corrected chi connectivity index (χ3v) is 16.0. The Morgan fingerprint density at radius 1 is 0.258 bits per heavy atom. The summed E-state index contributed by atoms with van der Waals surface area (Å²) < 4.78 is 18.5. The van der Waals surface area contributed by atoms with Crippen LogP contribution in [0.4, 0.5) is 51.2 Å². The molecule has 12 aromatic rings. The van der Waals surface area contributed by atoms with Gasteiger partial charge in [-0.3, -0.25) is 0 Å². The molecule has 0 unspecified atom stereocenters. The van der Waals surface area contributed by atoms with Crippen LogP contribution in [0.3, 0.4) is 0 Å². The number of nitrogens with zero attached hydrogens (tertiary/aromatic N) is 3. The molecule has 0 amide bonds. The van der Waals surface area contributed by atoms with Crippen molar-refractivity contribution in [2.45, 2.75) is 33.1 Å². The molecule has 0 heterocycles. The van der Waals surface area contributed by atoms with Crippen LogP contribution in [0.15, 0.2) is 309 Å². The van der Waals surface area contributed by atoms with Crippen molar-refractivity contribution < 1.29 is 28.6 Å². The smallest absolute Gasteiger partial charge is 0.343 e. The molecule has 0 saturated carbocycles. The summed E-state index contributed by atoms with van der Waals surface area (Å²) in [5.41, 5.74) is 13.9. The standard InChI is InChI=1S/C80H63N3O6/c1-56-53-62(41-50-74(56)87-77(84)59-35-44-71(45-36-59)81(65-23-11-5-12-24-65)66-25-13-6-14-26-66)80(4,63-42-51-75(57(2)54-63)88-78(85)60-37-46-72(47-38-60)82(67-27-15-7-16-28-67)68-29-17-8-18-30-68)64-43-52-76(58(3)55-64)89-79(86)61-39-48-73(49-40-61)83(69-31-19-9-20-32-69)70-33-21-10-22-34-70/h5-55H,1-4H3. The molecule has 0 bridgehead atoms. The molecule has 12 aromatic carbocycles. The lowest BCUT2D eigenvalue weighted by Gasteiger charge is -2.33. The maximum absolute atomic E-state index is 14.0. The molecule has 0 spiro atoms. The number of hydrogen-bond acceptors (Lipinski definition) is 9. The van der Waals surface area contributed by atoms with Gasteiger partial charge in [-0.1, -0.05) is 146 Å². The third kappa shape index (κ3) is 12.6. The molecular formula is C80H63N3O6. The number of carbonyl (C=O) groups is 3. The molecule has 89 heavy (non-hydrogen) atoms. The Balaban J connectivity index is 0.822. The van der Waals surface area contributed by atoms with Crippen LogP contribution in [0.25, 0.3) is 0 Å². The van der Waals surface area contributed by atoms with Crippen molar-refractivity contribution in [2.75, 3.05) is 14.7 Å². The van der Waals surface area contributed by atoms with Gasteiger partial charge in [0.25, 0.3) is 0 Å². The normalized spacial score (nSPS) is 11.1. The van der Waals surface area contributed by atoms with Crippen LogP contribution in [0.2, 0.25) is 0 Å². The molecule has 0 fully saturated rings. The second-order valence-electron chi connectivity index (χ2n) is 21.9. The third-order valence-electron chi connectivity index (χ3n) is 16.0. The van der Waals surface area contributed by atoms with Gasteiger partial charge in [-0.05, 0) is 225 Å². The van der Waals surface area contributed by atoms with Gasteiger partial charge in [-0.25, -0.2) is 14.4 Å². The maximum Gasteiger partial charge on any atom is 0.343 e.